The Morgan fingerprint density at radius 1 is 1.22 bits per heavy atom. The Morgan fingerprint density at radius 2 is 2.06 bits per heavy atom. The normalized spacial score (nSPS) is 10.7. The zero-order valence-electron chi connectivity index (χ0n) is 9.87. The maximum atomic E-state index is 11.1. The van der Waals surface area contributed by atoms with Gasteiger partial charge in [0.1, 0.15) is 0 Å². The number of benzene rings is 1. The molecular formula is C14H11N3O. The molecular weight excluding hydrogens is 226 g/mol. The molecule has 18 heavy (non-hydrogen) atoms. The van der Waals surface area contributed by atoms with Crippen molar-refractivity contribution in [3.05, 3.63) is 48.3 Å². The van der Waals surface area contributed by atoms with Gasteiger partial charge in [0.25, 0.3) is 0 Å². The van der Waals surface area contributed by atoms with E-state index in [0.29, 0.717) is 5.56 Å². The zero-order chi connectivity index (χ0) is 12.5. The van der Waals surface area contributed by atoms with Crippen LogP contribution >= 0.6 is 0 Å². The monoisotopic (exact) mass is 237 g/mol. The second-order valence-electron chi connectivity index (χ2n) is 4.07. The molecule has 2 heterocycles. The highest BCUT2D eigenvalue weighted by atomic mass is 16.1. The summed E-state index contributed by atoms with van der Waals surface area (Å²) in [6.45, 7) is 0. The van der Waals surface area contributed by atoms with Gasteiger partial charge < -0.3 is 0 Å². The van der Waals surface area contributed by atoms with E-state index in [2.05, 4.69) is 10.1 Å². The summed E-state index contributed by atoms with van der Waals surface area (Å²) >= 11 is 0. The molecule has 0 saturated carbocycles. The van der Waals surface area contributed by atoms with Gasteiger partial charge in [-0.3, -0.25) is 14.5 Å². The van der Waals surface area contributed by atoms with Gasteiger partial charge in [0.05, 0.1) is 23.0 Å². The molecule has 0 unspecified atom stereocenters. The van der Waals surface area contributed by atoms with E-state index in [1.165, 1.54) is 0 Å². The molecule has 0 radical (unpaired) electrons. The number of aryl methyl sites for hydroxylation is 1. The molecule has 0 aliphatic heterocycles. The number of hydrogen-bond acceptors (Lipinski definition) is 3. The SMILES string of the molecule is Cn1ncc(C=O)c1-c1cccc2cccnc12. The van der Waals surface area contributed by atoms with Gasteiger partial charge in [-0.15, -0.1) is 0 Å². The number of fused-ring (bicyclic) bond motifs is 1. The second kappa shape index (κ2) is 4.07. The summed E-state index contributed by atoms with van der Waals surface area (Å²) in [5.74, 6) is 0. The molecule has 2 aromatic heterocycles. The van der Waals surface area contributed by atoms with E-state index in [1.54, 1.807) is 17.1 Å². The fourth-order valence-electron chi connectivity index (χ4n) is 2.17. The first kappa shape index (κ1) is 10.7. The molecule has 0 N–H and O–H groups in total. The minimum atomic E-state index is 0.579. The zero-order valence-corrected chi connectivity index (χ0v) is 9.87. The van der Waals surface area contributed by atoms with Crippen molar-refractivity contribution in [2.45, 2.75) is 0 Å². The second-order valence-corrected chi connectivity index (χ2v) is 4.07. The Labute approximate surface area is 104 Å². The highest BCUT2D eigenvalue weighted by Crippen LogP contribution is 2.28. The standard InChI is InChI=1S/C14H11N3O/c1-17-14(11(9-18)8-16-17)12-6-2-4-10-5-3-7-15-13(10)12/h2-9H,1H3. The summed E-state index contributed by atoms with van der Waals surface area (Å²) in [5, 5.41) is 5.18. The molecule has 0 aliphatic rings. The predicted molar refractivity (Wildman–Crippen MR) is 69.3 cm³/mol. The smallest absolute Gasteiger partial charge is 0.153 e. The van der Waals surface area contributed by atoms with Crippen molar-refractivity contribution in [1.29, 1.82) is 0 Å². The molecule has 3 rings (SSSR count). The van der Waals surface area contributed by atoms with Crippen LogP contribution in [0.15, 0.2) is 42.7 Å². The maximum Gasteiger partial charge on any atom is 0.153 e. The van der Waals surface area contributed by atoms with Crippen molar-refractivity contribution < 1.29 is 4.79 Å². The van der Waals surface area contributed by atoms with Crippen LogP contribution in [0.3, 0.4) is 0 Å². The summed E-state index contributed by atoms with van der Waals surface area (Å²) in [6.07, 6.45) is 4.15. The van der Waals surface area contributed by atoms with Crippen LogP contribution in [0.4, 0.5) is 0 Å². The van der Waals surface area contributed by atoms with Crippen LogP contribution in [0.5, 0.6) is 0 Å². The number of carbonyl (C=O) groups excluding carboxylic acids is 1. The lowest BCUT2D eigenvalue weighted by molar-refractivity contribution is 0.112. The van der Waals surface area contributed by atoms with E-state index in [9.17, 15) is 4.79 Å². The third-order valence-electron chi connectivity index (χ3n) is 2.98. The number of carbonyl (C=O) groups is 1. The molecule has 4 heteroatoms. The van der Waals surface area contributed by atoms with Crippen molar-refractivity contribution in [2.75, 3.05) is 0 Å². The van der Waals surface area contributed by atoms with Crippen LogP contribution in [0.2, 0.25) is 0 Å². The molecule has 0 fully saturated rings. The molecule has 3 aromatic rings. The number of pyridine rings is 1. The minimum absolute atomic E-state index is 0.579. The summed E-state index contributed by atoms with van der Waals surface area (Å²) in [4.78, 5) is 15.5. The first-order chi connectivity index (χ1) is 8.81. The minimum Gasteiger partial charge on any atom is -0.298 e. The van der Waals surface area contributed by atoms with Crippen molar-refractivity contribution in [3.8, 4) is 11.3 Å². The first-order valence-corrected chi connectivity index (χ1v) is 5.62. The molecule has 0 atom stereocenters. The summed E-state index contributed by atoms with van der Waals surface area (Å²) < 4.78 is 1.70. The molecule has 1 aromatic carbocycles. The maximum absolute atomic E-state index is 11.1. The third-order valence-corrected chi connectivity index (χ3v) is 2.98. The van der Waals surface area contributed by atoms with Crippen molar-refractivity contribution in [1.82, 2.24) is 14.8 Å². The van der Waals surface area contributed by atoms with E-state index in [4.69, 9.17) is 0 Å². The number of aldehydes is 1. The fourth-order valence-corrected chi connectivity index (χ4v) is 2.17. The molecule has 0 spiro atoms. The third kappa shape index (κ3) is 1.50. The highest BCUT2D eigenvalue weighted by molar-refractivity contribution is 5.97. The van der Waals surface area contributed by atoms with Crippen LogP contribution in [0.1, 0.15) is 10.4 Å². The summed E-state index contributed by atoms with van der Waals surface area (Å²) in [6, 6.07) is 9.82. The van der Waals surface area contributed by atoms with E-state index in [1.807, 2.05) is 37.4 Å². The van der Waals surface area contributed by atoms with Gasteiger partial charge in [-0.05, 0) is 6.07 Å². The van der Waals surface area contributed by atoms with E-state index >= 15 is 0 Å². The van der Waals surface area contributed by atoms with Crippen LogP contribution in [-0.2, 0) is 7.05 Å². The number of hydrogen-bond donors (Lipinski definition) is 0. The van der Waals surface area contributed by atoms with E-state index in [0.717, 1.165) is 28.4 Å². The lowest BCUT2D eigenvalue weighted by atomic mass is 10.0. The lowest BCUT2D eigenvalue weighted by Crippen LogP contribution is -1.96. The number of rotatable bonds is 2. The van der Waals surface area contributed by atoms with Gasteiger partial charge in [0.15, 0.2) is 6.29 Å². The van der Waals surface area contributed by atoms with E-state index in [-0.39, 0.29) is 0 Å². The average Bonchev–Trinajstić information content (AvgIpc) is 2.79. The highest BCUT2D eigenvalue weighted by Gasteiger charge is 2.13. The largest absolute Gasteiger partial charge is 0.298 e. The Kier molecular flexibility index (Phi) is 2.41. The van der Waals surface area contributed by atoms with Crippen molar-refractivity contribution in [2.24, 2.45) is 7.05 Å². The van der Waals surface area contributed by atoms with Gasteiger partial charge in [-0.1, -0.05) is 24.3 Å². The molecule has 4 nitrogen and oxygen atoms in total. The molecule has 0 amide bonds. The average molecular weight is 237 g/mol. The topological polar surface area (TPSA) is 47.8 Å². The summed E-state index contributed by atoms with van der Waals surface area (Å²) in [5.41, 5.74) is 3.19. The number of aromatic nitrogens is 3. The van der Waals surface area contributed by atoms with Gasteiger partial charge >= 0.3 is 0 Å². The Bertz CT molecular complexity index is 725. The molecule has 0 saturated heterocycles. The van der Waals surface area contributed by atoms with Gasteiger partial charge in [-0.25, -0.2) is 0 Å². The van der Waals surface area contributed by atoms with Crippen LogP contribution in [-0.4, -0.2) is 21.1 Å². The Hall–Kier alpha value is -2.49. The van der Waals surface area contributed by atoms with Crippen LogP contribution in [0, 0.1) is 0 Å². The Balaban J connectivity index is 2.38. The fraction of sp³-hybridized carbons (Fsp3) is 0.0714. The van der Waals surface area contributed by atoms with E-state index < -0.39 is 0 Å². The number of nitrogens with zero attached hydrogens (tertiary/aromatic N) is 3. The van der Waals surface area contributed by atoms with Gasteiger partial charge in [0, 0.05) is 24.2 Å². The van der Waals surface area contributed by atoms with Crippen LogP contribution < -0.4 is 0 Å². The lowest BCUT2D eigenvalue weighted by Gasteiger charge is -2.06. The van der Waals surface area contributed by atoms with Crippen molar-refractivity contribution >= 4 is 17.2 Å². The Morgan fingerprint density at radius 3 is 2.89 bits per heavy atom. The first-order valence-electron chi connectivity index (χ1n) is 5.62. The van der Waals surface area contributed by atoms with Crippen molar-refractivity contribution in [3.63, 3.8) is 0 Å². The quantitative estimate of drug-likeness (QED) is 0.643. The summed E-state index contributed by atoms with van der Waals surface area (Å²) in [7, 11) is 1.82. The predicted octanol–water partition coefficient (Wildman–Crippen LogP) is 2.45. The van der Waals surface area contributed by atoms with Crippen LogP contribution in [0.25, 0.3) is 22.2 Å². The molecule has 88 valence electrons. The number of para-hydroxylation sites is 1. The van der Waals surface area contributed by atoms with Gasteiger partial charge in [-0.2, -0.15) is 5.10 Å². The van der Waals surface area contributed by atoms with Gasteiger partial charge in [0.2, 0.25) is 0 Å². The molecule has 0 bridgehead atoms. The molecule has 0 aliphatic carbocycles.